The summed E-state index contributed by atoms with van der Waals surface area (Å²) in [7, 11) is 0. The van der Waals surface area contributed by atoms with Crippen molar-refractivity contribution in [3.63, 3.8) is 0 Å². The Bertz CT molecular complexity index is 449. The van der Waals surface area contributed by atoms with Gasteiger partial charge in [0.1, 0.15) is 17.9 Å². The number of benzene rings is 1. The molecule has 1 fully saturated rings. The molecule has 1 saturated carbocycles. The summed E-state index contributed by atoms with van der Waals surface area (Å²) < 4.78 is 5.50. The maximum atomic E-state index is 11.0. The van der Waals surface area contributed by atoms with Gasteiger partial charge in [0.05, 0.1) is 6.10 Å². The highest BCUT2D eigenvalue weighted by atomic mass is 16.5. The van der Waals surface area contributed by atoms with E-state index < -0.39 is 5.97 Å². The third kappa shape index (κ3) is 3.95. The molecule has 0 bridgehead atoms. The minimum Gasteiger partial charge on any atom is -0.491 e. The first kappa shape index (κ1) is 14.8. The highest BCUT2D eigenvalue weighted by molar-refractivity contribution is 5.90. The Hall–Kier alpha value is -1.59. The normalized spacial score (nSPS) is 22.4. The first-order valence-corrected chi connectivity index (χ1v) is 7.05. The van der Waals surface area contributed by atoms with Crippen LogP contribution in [0.2, 0.25) is 0 Å². The quantitative estimate of drug-likeness (QED) is 0.690. The van der Waals surface area contributed by atoms with Crippen molar-refractivity contribution in [2.75, 3.05) is 13.2 Å². The zero-order valence-corrected chi connectivity index (χ0v) is 11.4. The Morgan fingerprint density at radius 1 is 1.30 bits per heavy atom. The van der Waals surface area contributed by atoms with Crippen molar-refractivity contribution < 1.29 is 19.7 Å². The molecule has 110 valence electrons. The van der Waals surface area contributed by atoms with Crippen LogP contribution in [0.1, 0.15) is 36.0 Å². The summed E-state index contributed by atoms with van der Waals surface area (Å²) in [5, 5.41) is 22.1. The lowest BCUT2D eigenvalue weighted by Gasteiger charge is -2.28. The summed E-state index contributed by atoms with van der Waals surface area (Å²) in [6.07, 6.45) is 3.77. The fourth-order valence-electron chi connectivity index (χ4n) is 2.52. The largest absolute Gasteiger partial charge is 0.491 e. The molecule has 0 aliphatic heterocycles. The van der Waals surface area contributed by atoms with Crippen LogP contribution < -0.4 is 10.1 Å². The number of rotatable bonds is 6. The number of nitrogens with one attached hydrogen (secondary N) is 1. The average molecular weight is 279 g/mol. The lowest BCUT2D eigenvalue weighted by molar-refractivity contribution is 0.0692. The Labute approximate surface area is 118 Å². The highest BCUT2D eigenvalue weighted by Crippen LogP contribution is 2.19. The Kier molecular flexibility index (Phi) is 5.38. The summed E-state index contributed by atoms with van der Waals surface area (Å²) in [5.74, 6) is -0.609. The Balaban J connectivity index is 1.77. The van der Waals surface area contributed by atoms with Crippen molar-refractivity contribution in [3.8, 4) is 5.75 Å². The molecule has 1 aromatic carbocycles. The first-order valence-electron chi connectivity index (χ1n) is 7.05. The van der Waals surface area contributed by atoms with Crippen LogP contribution in [-0.2, 0) is 0 Å². The molecule has 0 heterocycles. The zero-order chi connectivity index (χ0) is 14.4. The standard InChI is InChI=1S/C15H21NO4/c17-13-7-3-2-6-12(13)16-9-10-20-14-8-4-1-5-11(14)15(18)19/h1,4-5,8,12-13,16-17H,2-3,6-7,9-10H2,(H,18,19). The van der Waals surface area contributed by atoms with Crippen molar-refractivity contribution in [2.45, 2.75) is 37.8 Å². The molecule has 3 N–H and O–H groups in total. The molecule has 5 nitrogen and oxygen atoms in total. The smallest absolute Gasteiger partial charge is 0.339 e. The van der Waals surface area contributed by atoms with Gasteiger partial charge in [-0.1, -0.05) is 25.0 Å². The van der Waals surface area contributed by atoms with Crippen LogP contribution in [0.15, 0.2) is 24.3 Å². The van der Waals surface area contributed by atoms with E-state index in [1.165, 1.54) is 6.07 Å². The second kappa shape index (κ2) is 7.26. The van der Waals surface area contributed by atoms with Gasteiger partial charge in [-0.15, -0.1) is 0 Å². The van der Waals surface area contributed by atoms with Gasteiger partial charge in [0.25, 0.3) is 0 Å². The number of aliphatic hydroxyl groups is 1. The fraction of sp³-hybridized carbons (Fsp3) is 0.533. The number of hydrogen-bond acceptors (Lipinski definition) is 4. The monoisotopic (exact) mass is 279 g/mol. The molecule has 1 aliphatic carbocycles. The van der Waals surface area contributed by atoms with Crippen LogP contribution in [-0.4, -0.2) is 41.5 Å². The number of carboxylic acid groups (broad SMARTS) is 1. The minimum atomic E-state index is -0.990. The van der Waals surface area contributed by atoms with Crippen LogP contribution in [0.25, 0.3) is 0 Å². The molecule has 2 atom stereocenters. The predicted molar refractivity (Wildman–Crippen MR) is 75.2 cm³/mol. The van der Waals surface area contributed by atoms with E-state index in [-0.39, 0.29) is 17.7 Å². The summed E-state index contributed by atoms with van der Waals surface area (Å²) in [4.78, 5) is 11.0. The van der Waals surface area contributed by atoms with Crippen LogP contribution >= 0.6 is 0 Å². The number of aliphatic hydroxyl groups excluding tert-OH is 1. The molecule has 2 rings (SSSR count). The molecule has 20 heavy (non-hydrogen) atoms. The number of hydrogen-bond donors (Lipinski definition) is 3. The molecule has 0 radical (unpaired) electrons. The van der Waals surface area contributed by atoms with Crippen molar-refractivity contribution >= 4 is 5.97 Å². The van der Waals surface area contributed by atoms with Gasteiger partial charge < -0.3 is 20.3 Å². The van der Waals surface area contributed by atoms with E-state index in [1.54, 1.807) is 18.2 Å². The summed E-state index contributed by atoms with van der Waals surface area (Å²) in [6.45, 7) is 0.975. The third-order valence-corrected chi connectivity index (χ3v) is 3.61. The average Bonchev–Trinajstić information content (AvgIpc) is 2.45. The molecule has 0 aromatic heterocycles. The first-order chi connectivity index (χ1) is 9.68. The predicted octanol–water partition coefficient (Wildman–Crippen LogP) is 1.66. The van der Waals surface area contributed by atoms with Gasteiger partial charge in [-0.2, -0.15) is 0 Å². The summed E-state index contributed by atoms with van der Waals surface area (Å²) in [5.41, 5.74) is 0.171. The molecule has 0 amide bonds. The van der Waals surface area contributed by atoms with Crippen molar-refractivity contribution in [1.29, 1.82) is 0 Å². The molecule has 0 spiro atoms. The molecular formula is C15H21NO4. The van der Waals surface area contributed by atoms with Crippen molar-refractivity contribution in [1.82, 2.24) is 5.32 Å². The SMILES string of the molecule is O=C(O)c1ccccc1OCCNC1CCCCC1O. The van der Waals surface area contributed by atoms with E-state index in [0.717, 1.165) is 25.7 Å². The topological polar surface area (TPSA) is 78.8 Å². The van der Waals surface area contributed by atoms with Crippen molar-refractivity contribution in [3.05, 3.63) is 29.8 Å². The fourth-order valence-corrected chi connectivity index (χ4v) is 2.52. The van der Waals surface area contributed by atoms with Crippen LogP contribution in [0.3, 0.4) is 0 Å². The summed E-state index contributed by atoms with van der Waals surface area (Å²) >= 11 is 0. The lowest BCUT2D eigenvalue weighted by atomic mass is 9.93. The van der Waals surface area contributed by atoms with Gasteiger partial charge in [0.2, 0.25) is 0 Å². The number of carbonyl (C=O) groups is 1. The molecule has 5 heteroatoms. The molecule has 1 aromatic rings. The van der Waals surface area contributed by atoms with Gasteiger partial charge in [0.15, 0.2) is 0 Å². The Morgan fingerprint density at radius 2 is 2.05 bits per heavy atom. The minimum absolute atomic E-state index is 0.127. The summed E-state index contributed by atoms with van der Waals surface area (Å²) in [6, 6.07) is 6.73. The number of ether oxygens (including phenoxy) is 1. The van der Waals surface area contributed by atoms with Crippen LogP contribution in [0, 0.1) is 0 Å². The van der Waals surface area contributed by atoms with E-state index in [1.807, 2.05) is 0 Å². The molecule has 2 unspecified atom stereocenters. The van der Waals surface area contributed by atoms with E-state index in [9.17, 15) is 9.90 Å². The number of aromatic carboxylic acids is 1. The van der Waals surface area contributed by atoms with Gasteiger partial charge in [-0.3, -0.25) is 0 Å². The maximum Gasteiger partial charge on any atom is 0.339 e. The second-order valence-electron chi connectivity index (χ2n) is 5.06. The molecular weight excluding hydrogens is 258 g/mol. The Morgan fingerprint density at radius 3 is 2.80 bits per heavy atom. The maximum absolute atomic E-state index is 11.0. The molecule has 0 saturated heterocycles. The van der Waals surface area contributed by atoms with Crippen molar-refractivity contribution in [2.24, 2.45) is 0 Å². The van der Waals surface area contributed by atoms with Gasteiger partial charge in [-0.05, 0) is 25.0 Å². The van der Waals surface area contributed by atoms with E-state index >= 15 is 0 Å². The number of para-hydroxylation sites is 1. The third-order valence-electron chi connectivity index (χ3n) is 3.61. The zero-order valence-electron chi connectivity index (χ0n) is 11.4. The van der Waals surface area contributed by atoms with Crippen LogP contribution in [0.4, 0.5) is 0 Å². The van der Waals surface area contributed by atoms with Gasteiger partial charge >= 0.3 is 5.97 Å². The molecule has 1 aliphatic rings. The lowest BCUT2D eigenvalue weighted by Crippen LogP contribution is -2.43. The highest BCUT2D eigenvalue weighted by Gasteiger charge is 2.22. The second-order valence-corrected chi connectivity index (χ2v) is 5.06. The van der Waals surface area contributed by atoms with Crippen LogP contribution in [0.5, 0.6) is 5.75 Å². The van der Waals surface area contributed by atoms with Gasteiger partial charge in [0, 0.05) is 12.6 Å². The van der Waals surface area contributed by atoms with E-state index in [0.29, 0.717) is 18.9 Å². The number of carboxylic acids is 1. The van der Waals surface area contributed by atoms with E-state index in [4.69, 9.17) is 9.84 Å². The van der Waals surface area contributed by atoms with E-state index in [2.05, 4.69) is 5.32 Å². The van der Waals surface area contributed by atoms with Gasteiger partial charge in [-0.25, -0.2) is 4.79 Å².